The largest absolute Gasteiger partial charge is 0.456 e. The monoisotopic (exact) mass is 543 g/mol. The molecule has 1 spiro atoms. The molecule has 1 heterocycles. The molecule has 0 amide bonds. The summed E-state index contributed by atoms with van der Waals surface area (Å²) in [6.45, 7) is 0. The fourth-order valence-corrected chi connectivity index (χ4v) is 10.2. The van der Waals surface area contributed by atoms with Crippen molar-refractivity contribution in [2.45, 2.75) is 37.5 Å². The summed E-state index contributed by atoms with van der Waals surface area (Å²) in [4.78, 5) is 2.54. The van der Waals surface area contributed by atoms with Gasteiger partial charge >= 0.3 is 0 Å². The van der Waals surface area contributed by atoms with Crippen LogP contribution in [0, 0.1) is 23.7 Å². The predicted octanol–water partition coefficient (Wildman–Crippen LogP) is 10.8. The second-order valence-corrected chi connectivity index (χ2v) is 13.4. The molecule has 0 radical (unpaired) electrons. The highest BCUT2D eigenvalue weighted by atomic mass is 16.3. The smallest absolute Gasteiger partial charge is 0.135 e. The van der Waals surface area contributed by atoms with Crippen LogP contribution in [0.2, 0.25) is 0 Å². The topological polar surface area (TPSA) is 16.4 Å². The molecule has 42 heavy (non-hydrogen) atoms. The van der Waals surface area contributed by atoms with Crippen molar-refractivity contribution in [2.75, 3.05) is 4.90 Å². The first-order valence-corrected chi connectivity index (χ1v) is 15.8. The highest BCUT2D eigenvalue weighted by molar-refractivity contribution is 6.06. The molecule has 204 valence electrons. The van der Waals surface area contributed by atoms with Crippen LogP contribution < -0.4 is 4.90 Å². The number of nitrogens with zero attached hydrogens (tertiary/aromatic N) is 1. The lowest BCUT2D eigenvalue weighted by Gasteiger charge is -2.61. The Balaban J connectivity index is 1.26. The normalized spacial score (nSPS) is 26.7. The van der Waals surface area contributed by atoms with E-state index in [1.807, 2.05) is 0 Å². The maximum Gasteiger partial charge on any atom is 0.135 e. The Hall–Kier alpha value is -4.30. The second-order valence-electron chi connectivity index (χ2n) is 13.4. The highest BCUT2D eigenvalue weighted by Crippen LogP contribution is 2.71. The number of fused-ring (bicyclic) bond motifs is 6. The summed E-state index contributed by atoms with van der Waals surface area (Å²) >= 11 is 0. The number of para-hydroxylation sites is 2. The molecule has 0 saturated heterocycles. The van der Waals surface area contributed by atoms with Crippen molar-refractivity contribution in [3.8, 4) is 11.1 Å². The van der Waals surface area contributed by atoms with Gasteiger partial charge in [-0.2, -0.15) is 0 Å². The minimum absolute atomic E-state index is 0.0927. The number of hydrogen-bond donors (Lipinski definition) is 0. The van der Waals surface area contributed by atoms with Gasteiger partial charge < -0.3 is 9.32 Å². The van der Waals surface area contributed by atoms with Gasteiger partial charge in [0, 0.05) is 27.6 Å². The van der Waals surface area contributed by atoms with Gasteiger partial charge in [0.15, 0.2) is 0 Å². The van der Waals surface area contributed by atoms with Gasteiger partial charge in [-0.15, -0.1) is 0 Å². The van der Waals surface area contributed by atoms with Gasteiger partial charge in [0.05, 0.1) is 5.69 Å². The molecule has 4 fully saturated rings. The van der Waals surface area contributed by atoms with Crippen LogP contribution in [-0.2, 0) is 5.41 Å². The van der Waals surface area contributed by atoms with E-state index in [1.165, 1.54) is 71.1 Å². The Morgan fingerprint density at radius 1 is 0.548 bits per heavy atom. The van der Waals surface area contributed by atoms with Crippen LogP contribution in [0.15, 0.2) is 120 Å². The maximum atomic E-state index is 6.25. The lowest BCUT2D eigenvalue weighted by Crippen LogP contribution is -2.55. The van der Waals surface area contributed by atoms with Crippen molar-refractivity contribution in [1.82, 2.24) is 0 Å². The van der Waals surface area contributed by atoms with Gasteiger partial charge in [-0.3, -0.25) is 0 Å². The molecule has 1 aromatic heterocycles. The van der Waals surface area contributed by atoms with E-state index in [4.69, 9.17) is 4.42 Å². The number of anilines is 3. The average Bonchev–Trinajstić information content (AvgIpc) is 3.55. The number of furan rings is 1. The summed E-state index contributed by atoms with van der Waals surface area (Å²) in [6, 6.07) is 42.7. The molecule has 0 aliphatic heterocycles. The quantitative estimate of drug-likeness (QED) is 0.221. The van der Waals surface area contributed by atoms with Crippen LogP contribution in [-0.4, -0.2) is 0 Å². The zero-order chi connectivity index (χ0) is 27.4. The first-order valence-electron chi connectivity index (χ1n) is 15.8. The third kappa shape index (κ3) is 2.95. The van der Waals surface area contributed by atoms with E-state index in [-0.39, 0.29) is 5.41 Å². The molecule has 0 unspecified atom stereocenters. The SMILES string of the molecule is c1ccc(N(c2ccc3oc4ccccc4c3c2)c2cccc3c2C2(c4ccccc4-3)C3CC4CC(C3)CC2C4)cc1. The molecular formula is C40H33NO. The Morgan fingerprint density at radius 2 is 1.24 bits per heavy atom. The Morgan fingerprint density at radius 3 is 2.07 bits per heavy atom. The number of benzene rings is 5. The van der Waals surface area contributed by atoms with Crippen LogP contribution in [0.25, 0.3) is 33.1 Å². The fourth-order valence-electron chi connectivity index (χ4n) is 10.2. The molecule has 0 atom stereocenters. The summed E-state index contributed by atoms with van der Waals surface area (Å²) in [5.41, 5.74) is 11.8. The number of hydrogen-bond acceptors (Lipinski definition) is 2. The van der Waals surface area contributed by atoms with E-state index in [1.54, 1.807) is 11.1 Å². The fraction of sp³-hybridized carbons (Fsp3) is 0.250. The molecule has 6 aromatic rings. The van der Waals surface area contributed by atoms with Crippen molar-refractivity contribution in [2.24, 2.45) is 23.7 Å². The molecule has 4 saturated carbocycles. The minimum atomic E-state index is 0.0927. The van der Waals surface area contributed by atoms with E-state index in [9.17, 15) is 0 Å². The van der Waals surface area contributed by atoms with E-state index in [0.717, 1.165) is 34.8 Å². The molecule has 11 rings (SSSR count). The average molecular weight is 544 g/mol. The Bertz CT molecular complexity index is 1990. The molecule has 5 aromatic carbocycles. The van der Waals surface area contributed by atoms with Crippen molar-refractivity contribution in [3.05, 3.63) is 126 Å². The zero-order valence-corrected chi connectivity index (χ0v) is 23.7. The van der Waals surface area contributed by atoms with Crippen LogP contribution in [0.5, 0.6) is 0 Å². The van der Waals surface area contributed by atoms with Gasteiger partial charge in [-0.05, 0) is 120 Å². The lowest BCUT2D eigenvalue weighted by atomic mass is 9.43. The Labute approximate surface area is 246 Å². The van der Waals surface area contributed by atoms with Crippen molar-refractivity contribution in [1.29, 1.82) is 0 Å². The molecule has 5 aliphatic carbocycles. The first kappa shape index (κ1) is 23.3. The van der Waals surface area contributed by atoms with Gasteiger partial charge in [0.2, 0.25) is 0 Å². The summed E-state index contributed by atoms with van der Waals surface area (Å²) in [6.07, 6.45) is 7.00. The molecule has 2 nitrogen and oxygen atoms in total. The molecule has 0 N–H and O–H groups in total. The number of rotatable bonds is 3. The van der Waals surface area contributed by atoms with Gasteiger partial charge in [-0.25, -0.2) is 0 Å². The van der Waals surface area contributed by atoms with Gasteiger partial charge in [0.25, 0.3) is 0 Å². The molecule has 2 heteroatoms. The van der Waals surface area contributed by atoms with Crippen LogP contribution in [0.3, 0.4) is 0 Å². The van der Waals surface area contributed by atoms with Crippen molar-refractivity contribution in [3.63, 3.8) is 0 Å². The lowest BCUT2D eigenvalue weighted by molar-refractivity contribution is -0.0397. The highest BCUT2D eigenvalue weighted by Gasteiger charge is 2.62. The minimum Gasteiger partial charge on any atom is -0.456 e. The summed E-state index contributed by atoms with van der Waals surface area (Å²) in [5.74, 6) is 3.28. The maximum absolute atomic E-state index is 6.25. The van der Waals surface area contributed by atoms with Gasteiger partial charge in [-0.1, -0.05) is 72.8 Å². The van der Waals surface area contributed by atoms with Gasteiger partial charge in [0.1, 0.15) is 11.2 Å². The van der Waals surface area contributed by atoms with E-state index in [0.29, 0.717) is 0 Å². The van der Waals surface area contributed by atoms with Crippen LogP contribution in [0.1, 0.15) is 43.2 Å². The van der Waals surface area contributed by atoms with E-state index < -0.39 is 0 Å². The second kappa shape index (κ2) is 8.38. The van der Waals surface area contributed by atoms with E-state index >= 15 is 0 Å². The summed E-state index contributed by atoms with van der Waals surface area (Å²) in [7, 11) is 0. The summed E-state index contributed by atoms with van der Waals surface area (Å²) < 4.78 is 6.25. The predicted molar refractivity (Wildman–Crippen MR) is 172 cm³/mol. The molecular weight excluding hydrogens is 510 g/mol. The van der Waals surface area contributed by atoms with Crippen LogP contribution >= 0.6 is 0 Å². The molecule has 5 aliphatic rings. The first-order chi connectivity index (χ1) is 20.8. The molecule has 4 bridgehead atoms. The van der Waals surface area contributed by atoms with Crippen molar-refractivity contribution >= 4 is 39.0 Å². The third-order valence-corrected chi connectivity index (χ3v) is 11.4. The Kier molecular flexibility index (Phi) is 4.65. The zero-order valence-electron chi connectivity index (χ0n) is 23.7. The standard InChI is InChI=1S/C40H33NO/c1-2-9-29(10-3-1)41(30-17-18-38-34(24-30)32-12-5-7-16-37(32)42-38)36-15-8-13-33-31-11-4-6-14-35(31)40(39(33)36)27-20-25-19-26(22-27)23-28(40)21-25/h1-18,24-28H,19-23H2. The summed E-state index contributed by atoms with van der Waals surface area (Å²) in [5, 5.41) is 2.34. The van der Waals surface area contributed by atoms with E-state index in [2.05, 4.69) is 120 Å². The van der Waals surface area contributed by atoms with Crippen molar-refractivity contribution < 1.29 is 4.42 Å². The van der Waals surface area contributed by atoms with Crippen LogP contribution in [0.4, 0.5) is 17.1 Å². The third-order valence-electron chi connectivity index (χ3n) is 11.4.